The van der Waals surface area contributed by atoms with Gasteiger partial charge in [0.1, 0.15) is 6.07 Å². The largest absolute Gasteiger partial charge is 0.383 e. The molecule has 0 bridgehead atoms. The summed E-state index contributed by atoms with van der Waals surface area (Å²) in [5, 5.41) is 15.8. The van der Waals surface area contributed by atoms with Crippen molar-refractivity contribution in [2.45, 2.75) is 12.8 Å². The van der Waals surface area contributed by atoms with Crippen molar-refractivity contribution in [3.05, 3.63) is 45.4 Å². The predicted molar refractivity (Wildman–Crippen MR) is 75.2 cm³/mol. The average molecular weight is 278 g/mol. The van der Waals surface area contributed by atoms with Crippen molar-refractivity contribution < 1.29 is 0 Å². The van der Waals surface area contributed by atoms with Crippen LogP contribution in [0.25, 0.3) is 0 Å². The molecule has 2 rings (SSSR count). The van der Waals surface area contributed by atoms with E-state index in [4.69, 9.17) is 16.9 Å². The maximum absolute atomic E-state index is 9.06. The zero-order valence-corrected chi connectivity index (χ0v) is 11.4. The molecule has 1 aromatic carbocycles. The van der Waals surface area contributed by atoms with Gasteiger partial charge < -0.3 is 5.32 Å². The number of halogens is 1. The molecule has 1 unspecified atom stereocenters. The maximum Gasteiger partial charge on any atom is 0.103 e. The van der Waals surface area contributed by atoms with E-state index in [0.29, 0.717) is 16.5 Å². The molecular weight excluding hydrogens is 266 g/mol. The highest BCUT2D eigenvalue weighted by molar-refractivity contribution is 7.09. The lowest BCUT2D eigenvalue weighted by atomic mass is 10.1. The van der Waals surface area contributed by atoms with Crippen molar-refractivity contribution in [2.24, 2.45) is 0 Å². The molecule has 0 aliphatic heterocycles. The molecule has 0 radical (unpaired) electrons. The SMILES string of the molecule is CC(CNc1cccc(Cl)c1C#N)c1nccs1. The summed E-state index contributed by atoms with van der Waals surface area (Å²) in [5.74, 6) is 0.301. The quantitative estimate of drug-likeness (QED) is 0.922. The third-order valence-corrected chi connectivity index (χ3v) is 3.92. The van der Waals surface area contributed by atoms with Crippen LogP contribution in [0.1, 0.15) is 23.4 Å². The van der Waals surface area contributed by atoms with Crippen LogP contribution in [0, 0.1) is 11.3 Å². The molecule has 1 atom stereocenters. The Morgan fingerprint density at radius 1 is 1.56 bits per heavy atom. The van der Waals surface area contributed by atoms with Crippen molar-refractivity contribution in [1.29, 1.82) is 5.26 Å². The smallest absolute Gasteiger partial charge is 0.103 e. The molecular formula is C13H12ClN3S. The fourth-order valence-electron chi connectivity index (χ4n) is 1.61. The van der Waals surface area contributed by atoms with Crippen LogP contribution in [-0.2, 0) is 0 Å². The van der Waals surface area contributed by atoms with Gasteiger partial charge in [-0.05, 0) is 12.1 Å². The first-order valence-electron chi connectivity index (χ1n) is 5.54. The Balaban J connectivity index is 2.07. The summed E-state index contributed by atoms with van der Waals surface area (Å²) in [6.45, 7) is 2.82. The van der Waals surface area contributed by atoms with E-state index < -0.39 is 0 Å². The van der Waals surface area contributed by atoms with Gasteiger partial charge in [0, 0.05) is 24.0 Å². The van der Waals surface area contributed by atoms with E-state index in [1.54, 1.807) is 23.6 Å². The van der Waals surface area contributed by atoms with Crippen LogP contribution in [0.5, 0.6) is 0 Å². The topological polar surface area (TPSA) is 48.7 Å². The lowest BCUT2D eigenvalue weighted by Gasteiger charge is -2.12. The number of nitrogens with one attached hydrogen (secondary N) is 1. The van der Waals surface area contributed by atoms with E-state index in [-0.39, 0.29) is 0 Å². The highest BCUT2D eigenvalue weighted by Gasteiger charge is 2.10. The van der Waals surface area contributed by atoms with Gasteiger partial charge in [-0.1, -0.05) is 24.6 Å². The van der Waals surface area contributed by atoms with Crippen LogP contribution in [0.2, 0.25) is 5.02 Å². The first kappa shape index (κ1) is 12.9. The van der Waals surface area contributed by atoms with Crippen molar-refractivity contribution in [3.8, 4) is 6.07 Å². The van der Waals surface area contributed by atoms with E-state index in [9.17, 15) is 0 Å². The number of benzene rings is 1. The van der Waals surface area contributed by atoms with Crippen LogP contribution in [0.15, 0.2) is 29.8 Å². The average Bonchev–Trinajstić information content (AvgIpc) is 2.90. The van der Waals surface area contributed by atoms with Crippen molar-refractivity contribution in [3.63, 3.8) is 0 Å². The number of nitrogens with zero attached hydrogens (tertiary/aromatic N) is 2. The van der Waals surface area contributed by atoms with Gasteiger partial charge in [0.05, 0.1) is 21.3 Å². The molecule has 5 heteroatoms. The molecule has 92 valence electrons. The first-order valence-corrected chi connectivity index (χ1v) is 6.80. The minimum absolute atomic E-state index is 0.301. The van der Waals surface area contributed by atoms with E-state index in [1.165, 1.54) is 0 Å². The minimum Gasteiger partial charge on any atom is -0.383 e. The molecule has 0 saturated carbocycles. The second-order valence-corrected chi connectivity index (χ2v) is 5.26. The molecule has 18 heavy (non-hydrogen) atoms. The monoisotopic (exact) mass is 277 g/mol. The van der Waals surface area contributed by atoms with E-state index in [1.807, 2.05) is 17.5 Å². The van der Waals surface area contributed by atoms with Crippen molar-refractivity contribution >= 4 is 28.6 Å². The number of rotatable bonds is 4. The van der Waals surface area contributed by atoms with Crippen molar-refractivity contribution in [1.82, 2.24) is 4.98 Å². The lowest BCUT2D eigenvalue weighted by molar-refractivity contribution is 0.795. The summed E-state index contributed by atoms with van der Waals surface area (Å²) in [6, 6.07) is 7.53. The number of aromatic nitrogens is 1. The van der Waals surface area contributed by atoms with Gasteiger partial charge in [-0.25, -0.2) is 4.98 Å². The Morgan fingerprint density at radius 3 is 3.06 bits per heavy atom. The first-order chi connectivity index (χ1) is 8.72. The Hall–Kier alpha value is -1.57. The number of nitriles is 1. The number of thiazole rings is 1. The molecule has 0 aliphatic rings. The highest BCUT2D eigenvalue weighted by Crippen LogP contribution is 2.25. The minimum atomic E-state index is 0.301. The Kier molecular flexibility index (Phi) is 4.19. The highest BCUT2D eigenvalue weighted by atomic mass is 35.5. The van der Waals surface area contributed by atoms with Gasteiger partial charge in [-0.3, -0.25) is 0 Å². The standard InChI is InChI=1S/C13H12ClN3S/c1-9(13-16-5-6-18-13)8-17-12-4-2-3-11(14)10(12)7-15/h2-6,9,17H,8H2,1H3. The number of hydrogen-bond donors (Lipinski definition) is 1. The molecule has 1 N–H and O–H groups in total. The van der Waals surface area contributed by atoms with Gasteiger partial charge >= 0.3 is 0 Å². The second kappa shape index (κ2) is 5.85. The van der Waals surface area contributed by atoms with Crippen LogP contribution in [0.3, 0.4) is 0 Å². The van der Waals surface area contributed by atoms with Crippen LogP contribution in [0.4, 0.5) is 5.69 Å². The summed E-state index contributed by atoms with van der Waals surface area (Å²) in [7, 11) is 0. The summed E-state index contributed by atoms with van der Waals surface area (Å²) < 4.78 is 0. The van der Waals surface area contributed by atoms with Crippen LogP contribution in [-0.4, -0.2) is 11.5 Å². The number of hydrogen-bond acceptors (Lipinski definition) is 4. The molecule has 1 aromatic heterocycles. The molecule has 0 spiro atoms. The summed E-state index contributed by atoms with van der Waals surface area (Å²) in [5.41, 5.74) is 1.26. The van der Waals surface area contributed by atoms with Gasteiger partial charge in [0.25, 0.3) is 0 Å². The number of anilines is 1. The zero-order valence-electron chi connectivity index (χ0n) is 9.85. The Bertz CT molecular complexity index is 560. The molecule has 2 aromatic rings. The van der Waals surface area contributed by atoms with Gasteiger partial charge in [0.2, 0.25) is 0 Å². The normalized spacial score (nSPS) is 11.8. The van der Waals surface area contributed by atoms with E-state index >= 15 is 0 Å². The Labute approximate surface area is 115 Å². The van der Waals surface area contributed by atoms with Crippen LogP contribution < -0.4 is 5.32 Å². The zero-order chi connectivity index (χ0) is 13.0. The van der Waals surface area contributed by atoms with Crippen molar-refractivity contribution in [2.75, 3.05) is 11.9 Å². The molecule has 3 nitrogen and oxygen atoms in total. The third-order valence-electron chi connectivity index (χ3n) is 2.60. The van der Waals surface area contributed by atoms with E-state index in [0.717, 1.165) is 17.2 Å². The van der Waals surface area contributed by atoms with Gasteiger partial charge in [0.15, 0.2) is 0 Å². The van der Waals surface area contributed by atoms with Gasteiger partial charge in [-0.15, -0.1) is 11.3 Å². The van der Waals surface area contributed by atoms with Crippen LogP contribution >= 0.6 is 22.9 Å². The van der Waals surface area contributed by atoms with Gasteiger partial charge in [-0.2, -0.15) is 5.26 Å². The Morgan fingerprint density at radius 2 is 2.39 bits per heavy atom. The molecule has 0 amide bonds. The third kappa shape index (κ3) is 2.81. The summed E-state index contributed by atoms with van der Waals surface area (Å²) >= 11 is 7.61. The summed E-state index contributed by atoms with van der Waals surface area (Å²) in [6.07, 6.45) is 1.80. The molecule has 0 aliphatic carbocycles. The molecule has 0 saturated heterocycles. The predicted octanol–water partition coefficient (Wildman–Crippen LogP) is 3.88. The lowest BCUT2D eigenvalue weighted by Crippen LogP contribution is -2.10. The summed E-state index contributed by atoms with van der Waals surface area (Å²) in [4.78, 5) is 4.28. The molecule has 1 heterocycles. The fraction of sp³-hybridized carbons (Fsp3) is 0.231. The van der Waals surface area contributed by atoms with E-state index in [2.05, 4.69) is 23.3 Å². The molecule has 0 fully saturated rings. The fourth-order valence-corrected chi connectivity index (χ4v) is 2.53. The maximum atomic E-state index is 9.06. The second-order valence-electron chi connectivity index (χ2n) is 3.93.